The highest BCUT2D eigenvalue weighted by atomic mass is 16.5. The van der Waals surface area contributed by atoms with Crippen molar-refractivity contribution < 1.29 is 24.3 Å². The van der Waals surface area contributed by atoms with E-state index in [1.807, 2.05) is 0 Å². The van der Waals surface area contributed by atoms with Gasteiger partial charge in [0.2, 0.25) is 0 Å². The van der Waals surface area contributed by atoms with Gasteiger partial charge in [-0.15, -0.1) is 0 Å². The van der Waals surface area contributed by atoms with Crippen LogP contribution in [0.2, 0.25) is 0 Å². The molecular formula is C20H24NO4+. The van der Waals surface area contributed by atoms with Crippen LogP contribution in [0, 0.1) is 0 Å². The number of quaternary nitrogens is 1. The standard InChI is InChI=1S/C20H23NO4/c1-22-17-7-11-5-15-14-10-20(25-4)18(23-2)8-12(14)6-16(21-15)13(11)9-19(17)24-3/h7-10,15-16,21H,5-6H2,1-4H3/p+1/t15-,16-/m0/s1. The molecule has 0 unspecified atom stereocenters. The summed E-state index contributed by atoms with van der Waals surface area (Å²) in [6.07, 6.45) is 1.93. The normalized spacial score (nSPS) is 20.3. The summed E-state index contributed by atoms with van der Waals surface area (Å²) in [5, 5.41) is 2.46. The van der Waals surface area contributed by atoms with Gasteiger partial charge in [0.05, 0.1) is 28.4 Å². The minimum atomic E-state index is 0.388. The van der Waals surface area contributed by atoms with E-state index in [1.54, 1.807) is 28.4 Å². The monoisotopic (exact) mass is 342 g/mol. The van der Waals surface area contributed by atoms with Crippen molar-refractivity contribution in [2.75, 3.05) is 28.4 Å². The van der Waals surface area contributed by atoms with Crippen LogP contribution in [-0.4, -0.2) is 28.4 Å². The van der Waals surface area contributed by atoms with Gasteiger partial charge in [-0.1, -0.05) is 0 Å². The van der Waals surface area contributed by atoms with Gasteiger partial charge in [0.1, 0.15) is 12.1 Å². The van der Waals surface area contributed by atoms with Crippen molar-refractivity contribution in [3.8, 4) is 23.0 Å². The van der Waals surface area contributed by atoms with Gasteiger partial charge in [-0.05, 0) is 35.4 Å². The molecule has 2 aliphatic heterocycles. The average Bonchev–Trinajstić information content (AvgIpc) is 2.66. The minimum Gasteiger partial charge on any atom is -0.493 e. The van der Waals surface area contributed by atoms with E-state index in [4.69, 9.17) is 18.9 Å². The molecule has 0 saturated heterocycles. The van der Waals surface area contributed by atoms with Crippen molar-refractivity contribution in [1.82, 2.24) is 0 Å². The van der Waals surface area contributed by atoms with Crippen molar-refractivity contribution in [3.63, 3.8) is 0 Å². The Morgan fingerprint density at radius 2 is 1.00 bits per heavy atom. The third-order valence-corrected chi connectivity index (χ3v) is 5.43. The summed E-state index contributed by atoms with van der Waals surface area (Å²) in [5.74, 6) is 3.19. The van der Waals surface area contributed by atoms with Crippen LogP contribution >= 0.6 is 0 Å². The van der Waals surface area contributed by atoms with Gasteiger partial charge < -0.3 is 24.3 Å². The van der Waals surface area contributed by atoms with Crippen LogP contribution in [0.3, 0.4) is 0 Å². The van der Waals surface area contributed by atoms with E-state index in [0.717, 1.165) is 35.8 Å². The first-order valence-electron chi connectivity index (χ1n) is 8.53. The van der Waals surface area contributed by atoms with Crippen molar-refractivity contribution in [1.29, 1.82) is 0 Å². The Bertz CT molecular complexity index is 750. The molecule has 4 rings (SSSR count). The molecule has 0 amide bonds. The summed E-state index contributed by atoms with van der Waals surface area (Å²) in [7, 11) is 6.75. The fourth-order valence-corrected chi connectivity index (χ4v) is 4.24. The van der Waals surface area contributed by atoms with Gasteiger partial charge in [-0.25, -0.2) is 0 Å². The lowest BCUT2D eigenvalue weighted by Crippen LogP contribution is -2.89. The smallest absolute Gasteiger partial charge is 0.161 e. The van der Waals surface area contributed by atoms with Crippen LogP contribution in [0.15, 0.2) is 24.3 Å². The summed E-state index contributed by atoms with van der Waals surface area (Å²) >= 11 is 0. The Labute approximate surface area is 147 Å². The van der Waals surface area contributed by atoms with Crippen LogP contribution in [0.4, 0.5) is 0 Å². The molecule has 5 nitrogen and oxygen atoms in total. The molecule has 0 spiro atoms. The number of hydrogen-bond donors (Lipinski definition) is 1. The number of methoxy groups -OCH3 is 4. The predicted molar refractivity (Wildman–Crippen MR) is 93.9 cm³/mol. The van der Waals surface area contributed by atoms with Crippen LogP contribution < -0.4 is 24.3 Å². The van der Waals surface area contributed by atoms with E-state index in [0.29, 0.717) is 12.1 Å². The molecule has 0 aromatic heterocycles. The number of ether oxygens (including phenoxy) is 4. The first-order chi connectivity index (χ1) is 12.2. The fourth-order valence-electron chi connectivity index (χ4n) is 4.24. The van der Waals surface area contributed by atoms with Gasteiger partial charge in [0, 0.05) is 24.0 Å². The molecule has 0 fully saturated rings. The summed E-state index contributed by atoms with van der Waals surface area (Å²) in [4.78, 5) is 0. The molecule has 25 heavy (non-hydrogen) atoms. The molecule has 2 heterocycles. The van der Waals surface area contributed by atoms with Gasteiger partial charge in [0.15, 0.2) is 23.0 Å². The second-order valence-electron chi connectivity index (χ2n) is 6.63. The Hall–Kier alpha value is -2.40. The zero-order chi connectivity index (χ0) is 17.6. The van der Waals surface area contributed by atoms with Crippen molar-refractivity contribution in [3.05, 3.63) is 46.5 Å². The SMILES string of the molecule is COc1cc2c(cc1OC)[C@@H]1Cc3cc(OC)c(OC)cc3[C@H](C2)[NH2+]1. The minimum absolute atomic E-state index is 0.388. The molecular weight excluding hydrogens is 318 g/mol. The number of fused-ring (bicyclic) bond motifs is 6. The maximum atomic E-state index is 5.50. The Morgan fingerprint density at radius 1 is 0.640 bits per heavy atom. The Morgan fingerprint density at radius 3 is 1.36 bits per heavy atom. The van der Waals surface area contributed by atoms with Crippen molar-refractivity contribution >= 4 is 0 Å². The molecule has 0 saturated carbocycles. The number of hydrogen-bond acceptors (Lipinski definition) is 4. The number of benzene rings is 2. The highest BCUT2D eigenvalue weighted by Crippen LogP contribution is 2.42. The first kappa shape index (κ1) is 16.1. The molecule has 132 valence electrons. The highest BCUT2D eigenvalue weighted by Gasteiger charge is 2.38. The molecule has 0 aliphatic carbocycles. The van der Waals surface area contributed by atoms with Crippen molar-refractivity contribution in [2.24, 2.45) is 0 Å². The maximum absolute atomic E-state index is 5.50. The summed E-state index contributed by atoms with van der Waals surface area (Å²) in [5.41, 5.74) is 5.37. The van der Waals surface area contributed by atoms with Crippen LogP contribution in [0.5, 0.6) is 23.0 Å². The number of nitrogens with two attached hydrogens (primary N) is 1. The highest BCUT2D eigenvalue weighted by molar-refractivity contribution is 5.53. The molecule has 2 aromatic carbocycles. The van der Waals surface area contributed by atoms with Gasteiger partial charge in [0.25, 0.3) is 0 Å². The fraction of sp³-hybridized carbons (Fsp3) is 0.400. The summed E-state index contributed by atoms with van der Waals surface area (Å²) in [6.45, 7) is 0. The average molecular weight is 342 g/mol. The summed E-state index contributed by atoms with van der Waals surface area (Å²) in [6, 6.07) is 9.31. The molecule has 2 aromatic rings. The largest absolute Gasteiger partial charge is 0.493 e. The lowest BCUT2D eigenvalue weighted by Gasteiger charge is -2.36. The molecule has 0 radical (unpaired) electrons. The topological polar surface area (TPSA) is 53.5 Å². The van der Waals surface area contributed by atoms with E-state index in [1.165, 1.54) is 22.3 Å². The zero-order valence-electron chi connectivity index (χ0n) is 15.1. The second-order valence-corrected chi connectivity index (χ2v) is 6.63. The third-order valence-electron chi connectivity index (χ3n) is 5.43. The second kappa shape index (κ2) is 6.15. The van der Waals surface area contributed by atoms with E-state index in [-0.39, 0.29) is 0 Å². The predicted octanol–water partition coefficient (Wildman–Crippen LogP) is 2.18. The Balaban J connectivity index is 1.79. The van der Waals surface area contributed by atoms with E-state index in [9.17, 15) is 0 Å². The molecule has 5 heteroatoms. The third kappa shape index (κ3) is 2.50. The molecule has 2 aliphatic rings. The lowest BCUT2D eigenvalue weighted by atomic mass is 9.78. The first-order valence-corrected chi connectivity index (χ1v) is 8.53. The Kier molecular flexibility index (Phi) is 3.96. The molecule has 2 atom stereocenters. The van der Waals surface area contributed by atoms with E-state index in [2.05, 4.69) is 29.6 Å². The van der Waals surface area contributed by atoms with E-state index < -0.39 is 0 Å². The molecule has 2 bridgehead atoms. The van der Waals surface area contributed by atoms with Gasteiger partial charge >= 0.3 is 0 Å². The van der Waals surface area contributed by atoms with Crippen molar-refractivity contribution in [2.45, 2.75) is 24.9 Å². The van der Waals surface area contributed by atoms with Crippen LogP contribution in [0.25, 0.3) is 0 Å². The van der Waals surface area contributed by atoms with Crippen LogP contribution in [0.1, 0.15) is 34.3 Å². The van der Waals surface area contributed by atoms with Crippen LogP contribution in [-0.2, 0) is 12.8 Å². The zero-order valence-corrected chi connectivity index (χ0v) is 15.1. The van der Waals surface area contributed by atoms with Gasteiger partial charge in [-0.2, -0.15) is 0 Å². The number of rotatable bonds is 4. The molecule has 2 N–H and O–H groups in total. The maximum Gasteiger partial charge on any atom is 0.161 e. The van der Waals surface area contributed by atoms with Gasteiger partial charge in [-0.3, -0.25) is 0 Å². The lowest BCUT2D eigenvalue weighted by molar-refractivity contribution is -0.741. The quantitative estimate of drug-likeness (QED) is 0.925. The summed E-state index contributed by atoms with van der Waals surface area (Å²) < 4.78 is 22.0. The van der Waals surface area contributed by atoms with E-state index >= 15 is 0 Å².